The van der Waals surface area contributed by atoms with Crippen LogP contribution >= 0.6 is 12.4 Å². The summed E-state index contributed by atoms with van der Waals surface area (Å²) in [5.74, 6) is -0.282. The van der Waals surface area contributed by atoms with Gasteiger partial charge in [0, 0.05) is 12.0 Å². The van der Waals surface area contributed by atoms with Crippen LogP contribution < -0.4 is 11.1 Å². The Balaban J connectivity index is 0.00000312. The van der Waals surface area contributed by atoms with E-state index in [4.69, 9.17) is 5.73 Å². The molecule has 3 N–H and O–H groups in total. The first-order chi connectivity index (χ1) is 11.0. The van der Waals surface area contributed by atoms with E-state index in [9.17, 15) is 18.0 Å². The number of carbonyl (C=O) groups excluding carboxylic acids is 1. The van der Waals surface area contributed by atoms with Crippen LogP contribution in [0.25, 0.3) is 0 Å². The van der Waals surface area contributed by atoms with Gasteiger partial charge in [-0.05, 0) is 42.4 Å². The average molecular weight is 379 g/mol. The average Bonchev–Trinajstić information content (AvgIpc) is 2.89. The SMILES string of the molecule is CC(C)(C)C(NC(=O)C1CCC(N)C1)c1cccc(C(F)(F)F)c1.Cl. The predicted octanol–water partition coefficient (Wildman–Crippen LogP) is 4.46. The summed E-state index contributed by atoms with van der Waals surface area (Å²) in [7, 11) is 0. The largest absolute Gasteiger partial charge is 0.416 e. The molecule has 3 nitrogen and oxygen atoms in total. The van der Waals surface area contributed by atoms with Gasteiger partial charge in [0.1, 0.15) is 0 Å². The number of amides is 1. The Morgan fingerprint density at radius 1 is 1.24 bits per heavy atom. The van der Waals surface area contributed by atoms with Crippen molar-refractivity contribution in [2.75, 3.05) is 0 Å². The molecule has 7 heteroatoms. The second-order valence-corrected chi connectivity index (χ2v) is 7.70. The number of hydrogen-bond donors (Lipinski definition) is 2. The van der Waals surface area contributed by atoms with Gasteiger partial charge in [0.2, 0.25) is 5.91 Å². The highest BCUT2D eigenvalue weighted by atomic mass is 35.5. The number of carbonyl (C=O) groups is 1. The van der Waals surface area contributed by atoms with Crippen LogP contribution in [-0.2, 0) is 11.0 Å². The van der Waals surface area contributed by atoms with Gasteiger partial charge in [-0.2, -0.15) is 13.2 Å². The Labute approximate surface area is 153 Å². The minimum atomic E-state index is -4.40. The molecule has 1 aliphatic rings. The third-order valence-corrected chi connectivity index (χ3v) is 4.54. The fourth-order valence-corrected chi connectivity index (χ4v) is 3.21. The number of hydrogen-bond acceptors (Lipinski definition) is 2. The zero-order chi connectivity index (χ0) is 18.1. The molecule has 1 fully saturated rings. The number of nitrogens with one attached hydrogen (secondary N) is 1. The molecule has 1 aromatic rings. The van der Waals surface area contributed by atoms with Crippen molar-refractivity contribution in [3.63, 3.8) is 0 Å². The molecule has 1 saturated carbocycles. The number of halogens is 4. The van der Waals surface area contributed by atoms with Gasteiger partial charge in [-0.25, -0.2) is 0 Å². The molecule has 2 rings (SSSR count). The Kier molecular flexibility index (Phi) is 6.93. The van der Waals surface area contributed by atoms with E-state index in [1.54, 1.807) is 6.07 Å². The number of benzene rings is 1. The van der Waals surface area contributed by atoms with Gasteiger partial charge in [-0.3, -0.25) is 4.79 Å². The quantitative estimate of drug-likeness (QED) is 0.816. The van der Waals surface area contributed by atoms with Crippen LogP contribution in [0.4, 0.5) is 13.2 Å². The Morgan fingerprint density at radius 2 is 1.88 bits per heavy atom. The molecule has 1 amide bonds. The van der Waals surface area contributed by atoms with E-state index >= 15 is 0 Å². The summed E-state index contributed by atoms with van der Waals surface area (Å²) < 4.78 is 38.9. The van der Waals surface area contributed by atoms with Crippen molar-refractivity contribution < 1.29 is 18.0 Å². The standard InChI is InChI=1S/C18H25F3N2O.ClH/c1-17(2,3)15(23-16(24)12-7-8-14(22)10-12)11-5-4-6-13(9-11)18(19,20)21;/h4-6,9,12,14-15H,7-8,10,22H2,1-3H3,(H,23,24);1H. The van der Waals surface area contributed by atoms with Crippen molar-refractivity contribution in [1.29, 1.82) is 0 Å². The summed E-state index contributed by atoms with van der Waals surface area (Å²) in [4.78, 5) is 12.5. The summed E-state index contributed by atoms with van der Waals surface area (Å²) >= 11 is 0. The van der Waals surface area contributed by atoms with Gasteiger partial charge >= 0.3 is 6.18 Å². The van der Waals surface area contributed by atoms with E-state index in [-0.39, 0.29) is 30.3 Å². The first kappa shape index (κ1) is 21.8. The summed E-state index contributed by atoms with van der Waals surface area (Å²) in [5, 5.41) is 2.95. The molecular formula is C18H26ClF3N2O. The normalized spacial score (nSPS) is 22.2. The van der Waals surface area contributed by atoms with Crippen molar-refractivity contribution >= 4 is 18.3 Å². The highest BCUT2D eigenvalue weighted by Crippen LogP contribution is 2.37. The maximum Gasteiger partial charge on any atom is 0.416 e. The summed E-state index contributed by atoms with van der Waals surface area (Å²) in [6, 6.07) is 4.71. The summed E-state index contributed by atoms with van der Waals surface area (Å²) in [6.07, 6.45) is -2.24. The van der Waals surface area contributed by atoms with Crippen molar-refractivity contribution in [1.82, 2.24) is 5.32 Å². The van der Waals surface area contributed by atoms with Crippen molar-refractivity contribution in [2.45, 2.75) is 58.3 Å². The molecule has 3 unspecified atom stereocenters. The van der Waals surface area contributed by atoms with Gasteiger partial charge in [0.05, 0.1) is 11.6 Å². The smallest absolute Gasteiger partial charge is 0.349 e. The lowest BCUT2D eigenvalue weighted by molar-refractivity contribution is -0.137. The van der Waals surface area contributed by atoms with Crippen LogP contribution in [0.3, 0.4) is 0 Å². The highest BCUT2D eigenvalue weighted by molar-refractivity contribution is 5.85. The zero-order valence-electron chi connectivity index (χ0n) is 14.7. The van der Waals surface area contributed by atoms with Gasteiger partial charge in [-0.1, -0.05) is 32.9 Å². The number of alkyl halides is 3. The van der Waals surface area contributed by atoms with E-state index in [0.717, 1.165) is 25.0 Å². The van der Waals surface area contributed by atoms with Crippen molar-refractivity contribution in [3.05, 3.63) is 35.4 Å². The van der Waals surface area contributed by atoms with E-state index in [1.165, 1.54) is 6.07 Å². The molecule has 0 bridgehead atoms. The van der Waals surface area contributed by atoms with Crippen molar-refractivity contribution in [3.8, 4) is 0 Å². The highest BCUT2D eigenvalue weighted by Gasteiger charge is 2.35. The first-order valence-corrected chi connectivity index (χ1v) is 8.21. The summed E-state index contributed by atoms with van der Waals surface area (Å²) in [6.45, 7) is 5.70. The molecule has 0 saturated heterocycles. The molecule has 25 heavy (non-hydrogen) atoms. The molecule has 0 heterocycles. The van der Waals surface area contributed by atoms with Gasteiger partial charge < -0.3 is 11.1 Å². The second-order valence-electron chi connectivity index (χ2n) is 7.70. The van der Waals surface area contributed by atoms with E-state index in [1.807, 2.05) is 20.8 Å². The number of nitrogens with two attached hydrogens (primary N) is 1. The minimum Gasteiger partial charge on any atom is -0.349 e. The predicted molar refractivity (Wildman–Crippen MR) is 94.3 cm³/mol. The monoisotopic (exact) mass is 378 g/mol. The van der Waals surface area contributed by atoms with E-state index in [2.05, 4.69) is 5.32 Å². The van der Waals surface area contributed by atoms with Crippen LogP contribution in [0.15, 0.2) is 24.3 Å². The fraction of sp³-hybridized carbons (Fsp3) is 0.611. The van der Waals surface area contributed by atoms with Crippen LogP contribution in [0.1, 0.15) is 57.2 Å². The lowest BCUT2D eigenvalue weighted by atomic mass is 9.81. The molecule has 0 aliphatic heterocycles. The van der Waals surface area contributed by atoms with Crippen LogP contribution in [0, 0.1) is 11.3 Å². The zero-order valence-corrected chi connectivity index (χ0v) is 15.5. The molecule has 0 spiro atoms. The Bertz CT molecular complexity index is 599. The molecule has 3 atom stereocenters. The van der Waals surface area contributed by atoms with Crippen molar-refractivity contribution in [2.24, 2.45) is 17.1 Å². The van der Waals surface area contributed by atoms with Crippen LogP contribution in [0.2, 0.25) is 0 Å². The first-order valence-electron chi connectivity index (χ1n) is 8.21. The minimum absolute atomic E-state index is 0. The Morgan fingerprint density at radius 3 is 2.36 bits per heavy atom. The maximum absolute atomic E-state index is 13.0. The molecule has 1 aromatic carbocycles. The van der Waals surface area contributed by atoms with E-state index < -0.39 is 23.2 Å². The molecule has 0 radical (unpaired) electrons. The van der Waals surface area contributed by atoms with Crippen LogP contribution in [0.5, 0.6) is 0 Å². The molecule has 1 aliphatic carbocycles. The topological polar surface area (TPSA) is 55.1 Å². The maximum atomic E-state index is 13.0. The Hall–Kier alpha value is -1.27. The summed E-state index contributed by atoms with van der Waals surface area (Å²) in [5.41, 5.74) is 5.20. The van der Waals surface area contributed by atoms with Crippen LogP contribution in [-0.4, -0.2) is 11.9 Å². The number of rotatable bonds is 3. The van der Waals surface area contributed by atoms with Gasteiger partial charge in [-0.15, -0.1) is 12.4 Å². The molecule has 142 valence electrons. The van der Waals surface area contributed by atoms with Gasteiger partial charge in [0.15, 0.2) is 0 Å². The lowest BCUT2D eigenvalue weighted by Crippen LogP contribution is -2.39. The third kappa shape index (κ3) is 5.61. The third-order valence-electron chi connectivity index (χ3n) is 4.54. The molecule has 0 aromatic heterocycles. The fourth-order valence-electron chi connectivity index (χ4n) is 3.21. The second kappa shape index (κ2) is 7.96. The lowest BCUT2D eigenvalue weighted by Gasteiger charge is -2.33. The van der Waals surface area contributed by atoms with E-state index in [0.29, 0.717) is 12.0 Å². The van der Waals surface area contributed by atoms with Gasteiger partial charge in [0.25, 0.3) is 0 Å². The molecular weight excluding hydrogens is 353 g/mol.